The van der Waals surface area contributed by atoms with E-state index in [0.717, 1.165) is 19.0 Å². The number of rotatable bonds is 4. The van der Waals surface area contributed by atoms with Crippen molar-refractivity contribution in [2.24, 2.45) is 11.7 Å². The van der Waals surface area contributed by atoms with Gasteiger partial charge in [0.05, 0.1) is 6.54 Å². The number of hydrogen-bond donors (Lipinski definition) is 1. The molecule has 0 bridgehead atoms. The summed E-state index contributed by atoms with van der Waals surface area (Å²) >= 11 is 0. The van der Waals surface area contributed by atoms with E-state index >= 15 is 0 Å². The third-order valence-corrected chi connectivity index (χ3v) is 3.95. The highest BCUT2D eigenvalue weighted by Gasteiger charge is 2.50. The van der Waals surface area contributed by atoms with Crippen LogP contribution in [-0.4, -0.2) is 54.0 Å². The van der Waals surface area contributed by atoms with Crippen LogP contribution in [0.3, 0.4) is 0 Å². The van der Waals surface area contributed by atoms with Crippen molar-refractivity contribution >= 4 is 5.91 Å². The summed E-state index contributed by atoms with van der Waals surface area (Å²) in [6.45, 7) is 6.39. The normalized spacial score (nSPS) is 24.3. The predicted octanol–water partition coefficient (Wildman–Crippen LogP) is 0.276. The molecular formula is C12H23N3O. The number of carbonyl (C=O) groups excluding carboxylic acids is 1. The first kappa shape index (κ1) is 11.9. The largest absolute Gasteiger partial charge is 0.342 e. The first-order valence-corrected chi connectivity index (χ1v) is 6.19. The maximum Gasteiger partial charge on any atom is 0.236 e. The molecule has 1 aliphatic carbocycles. The molecule has 1 amide bonds. The van der Waals surface area contributed by atoms with Crippen LogP contribution >= 0.6 is 0 Å². The Morgan fingerprint density at radius 3 is 2.50 bits per heavy atom. The number of likely N-dealkylation sites (tertiary alicyclic amines) is 1. The van der Waals surface area contributed by atoms with Crippen molar-refractivity contribution < 1.29 is 4.79 Å². The quantitative estimate of drug-likeness (QED) is 0.747. The fraction of sp³-hybridized carbons (Fsp3) is 0.917. The van der Waals surface area contributed by atoms with Crippen molar-refractivity contribution in [1.29, 1.82) is 0 Å². The van der Waals surface area contributed by atoms with Crippen molar-refractivity contribution in [3.63, 3.8) is 0 Å². The number of likely N-dealkylation sites (N-methyl/N-ethyl adjacent to an activating group) is 1. The monoisotopic (exact) mass is 225 g/mol. The smallest absolute Gasteiger partial charge is 0.236 e. The molecule has 2 aliphatic rings. The van der Waals surface area contributed by atoms with E-state index in [1.165, 1.54) is 12.8 Å². The lowest BCUT2D eigenvalue weighted by Gasteiger charge is -2.48. The maximum atomic E-state index is 11.8. The Morgan fingerprint density at radius 2 is 2.06 bits per heavy atom. The summed E-state index contributed by atoms with van der Waals surface area (Å²) in [6, 6.07) is 0.278. The zero-order chi connectivity index (χ0) is 11.9. The van der Waals surface area contributed by atoms with Crippen LogP contribution in [0.2, 0.25) is 0 Å². The fourth-order valence-electron chi connectivity index (χ4n) is 2.41. The van der Waals surface area contributed by atoms with Crippen molar-refractivity contribution in [1.82, 2.24) is 9.80 Å². The van der Waals surface area contributed by atoms with E-state index in [0.29, 0.717) is 6.54 Å². The van der Waals surface area contributed by atoms with E-state index in [-0.39, 0.29) is 17.5 Å². The molecule has 92 valence electrons. The van der Waals surface area contributed by atoms with Gasteiger partial charge in [-0.15, -0.1) is 0 Å². The average Bonchev–Trinajstić information content (AvgIpc) is 2.96. The summed E-state index contributed by atoms with van der Waals surface area (Å²) in [7, 11) is 1.86. The molecule has 1 saturated heterocycles. The van der Waals surface area contributed by atoms with Crippen LogP contribution in [0, 0.1) is 5.92 Å². The van der Waals surface area contributed by atoms with Crippen molar-refractivity contribution in [3.05, 3.63) is 0 Å². The van der Waals surface area contributed by atoms with Gasteiger partial charge in [0.25, 0.3) is 0 Å². The van der Waals surface area contributed by atoms with E-state index in [1.807, 2.05) is 20.9 Å². The highest BCUT2D eigenvalue weighted by molar-refractivity contribution is 5.78. The Morgan fingerprint density at radius 1 is 1.50 bits per heavy atom. The summed E-state index contributed by atoms with van der Waals surface area (Å²) in [4.78, 5) is 15.8. The minimum Gasteiger partial charge on any atom is -0.342 e. The van der Waals surface area contributed by atoms with Crippen molar-refractivity contribution in [2.45, 2.75) is 38.3 Å². The first-order chi connectivity index (χ1) is 7.42. The third kappa shape index (κ3) is 2.23. The Kier molecular flexibility index (Phi) is 2.97. The van der Waals surface area contributed by atoms with Crippen LogP contribution in [0.15, 0.2) is 0 Å². The summed E-state index contributed by atoms with van der Waals surface area (Å²) in [5, 5.41) is 0. The van der Waals surface area contributed by atoms with Crippen LogP contribution in [0.5, 0.6) is 0 Å². The van der Waals surface area contributed by atoms with Gasteiger partial charge in [0.2, 0.25) is 5.91 Å². The van der Waals surface area contributed by atoms with Gasteiger partial charge in [0.15, 0.2) is 0 Å². The molecule has 1 heterocycles. The zero-order valence-electron chi connectivity index (χ0n) is 10.6. The lowest BCUT2D eigenvalue weighted by molar-refractivity contribution is -0.134. The van der Waals surface area contributed by atoms with Gasteiger partial charge in [-0.05, 0) is 32.6 Å². The molecular weight excluding hydrogens is 202 g/mol. The van der Waals surface area contributed by atoms with Crippen LogP contribution in [0.4, 0.5) is 0 Å². The van der Waals surface area contributed by atoms with E-state index in [4.69, 9.17) is 5.73 Å². The second kappa shape index (κ2) is 4.00. The van der Waals surface area contributed by atoms with Gasteiger partial charge >= 0.3 is 0 Å². The Balaban J connectivity index is 1.74. The number of hydrogen-bond acceptors (Lipinski definition) is 3. The molecule has 0 aromatic rings. The minimum absolute atomic E-state index is 0.0245. The van der Waals surface area contributed by atoms with Gasteiger partial charge in [0.1, 0.15) is 0 Å². The third-order valence-electron chi connectivity index (χ3n) is 3.95. The molecule has 1 saturated carbocycles. The molecule has 0 aromatic carbocycles. The average molecular weight is 225 g/mol. The molecule has 1 aliphatic heterocycles. The molecule has 16 heavy (non-hydrogen) atoms. The van der Waals surface area contributed by atoms with Crippen LogP contribution in [0.25, 0.3) is 0 Å². The summed E-state index contributed by atoms with van der Waals surface area (Å²) < 4.78 is 0. The van der Waals surface area contributed by atoms with Gasteiger partial charge in [0, 0.05) is 31.7 Å². The van der Waals surface area contributed by atoms with Crippen LogP contribution < -0.4 is 5.73 Å². The molecule has 2 fully saturated rings. The van der Waals surface area contributed by atoms with E-state index in [2.05, 4.69) is 4.90 Å². The van der Waals surface area contributed by atoms with E-state index < -0.39 is 0 Å². The second-order valence-electron chi connectivity index (χ2n) is 5.75. The fourth-order valence-corrected chi connectivity index (χ4v) is 2.41. The SMILES string of the molecule is CC(C)N(C)C(=O)CN1CC(N)(C2CC2)C1. The first-order valence-electron chi connectivity index (χ1n) is 6.19. The molecule has 0 radical (unpaired) electrons. The number of nitrogens with two attached hydrogens (primary N) is 1. The lowest BCUT2D eigenvalue weighted by Crippen LogP contribution is -2.69. The Labute approximate surface area is 97.8 Å². The molecule has 4 nitrogen and oxygen atoms in total. The minimum atomic E-state index is 0.0245. The summed E-state index contributed by atoms with van der Waals surface area (Å²) in [6.07, 6.45) is 2.56. The summed E-state index contributed by atoms with van der Waals surface area (Å²) in [5.41, 5.74) is 6.27. The Bertz CT molecular complexity index is 280. The molecule has 4 heteroatoms. The van der Waals surface area contributed by atoms with Crippen LogP contribution in [-0.2, 0) is 4.79 Å². The molecule has 0 unspecified atom stereocenters. The highest BCUT2D eigenvalue weighted by Crippen LogP contribution is 2.42. The number of amides is 1. The van der Waals surface area contributed by atoms with E-state index in [1.54, 1.807) is 4.90 Å². The van der Waals surface area contributed by atoms with E-state index in [9.17, 15) is 4.79 Å². The molecule has 0 atom stereocenters. The molecule has 2 rings (SSSR count). The summed E-state index contributed by atoms with van der Waals surface area (Å²) in [5.74, 6) is 0.925. The van der Waals surface area contributed by atoms with Gasteiger partial charge < -0.3 is 10.6 Å². The molecule has 0 aromatic heterocycles. The zero-order valence-corrected chi connectivity index (χ0v) is 10.6. The van der Waals surface area contributed by atoms with Gasteiger partial charge in [-0.1, -0.05) is 0 Å². The maximum absolute atomic E-state index is 11.8. The van der Waals surface area contributed by atoms with Gasteiger partial charge in [-0.2, -0.15) is 0 Å². The van der Waals surface area contributed by atoms with Gasteiger partial charge in [-0.25, -0.2) is 0 Å². The topological polar surface area (TPSA) is 49.6 Å². The number of nitrogens with zero attached hydrogens (tertiary/aromatic N) is 2. The highest BCUT2D eigenvalue weighted by atomic mass is 16.2. The van der Waals surface area contributed by atoms with Crippen LogP contribution in [0.1, 0.15) is 26.7 Å². The molecule has 2 N–H and O–H groups in total. The predicted molar refractivity (Wildman–Crippen MR) is 64.0 cm³/mol. The van der Waals surface area contributed by atoms with Gasteiger partial charge in [-0.3, -0.25) is 9.69 Å². The molecule has 0 spiro atoms. The Hall–Kier alpha value is -0.610. The van der Waals surface area contributed by atoms with Crippen molar-refractivity contribution in [3.8, 4) is 0 Å². The van der Waals surface area contributed by atoms with Crippen molar-refractivity contribution in [2.75, 3.05) is 26.7 Å². The lowest BCUT2D eigenvalue weighted by atomic mass is 9.86. The second-order valence-corrected chi connectivity index (χ2v) is 5.75. The number of carbonyl (C=O) groups is 1. The standard InChI is InChI=1S/C12H23N3O/c1-9(2)14(3)11(16)6-15-7-12(13,8-15)10-4-5-10/h9-10H,4-8,13H2,1-3H3.